The van der Waals surface area contributed by atoms with E-state index in [2.05, 4.69) is 27.5 Å². The number of nitrogens with one attached hydrogen (secondary N) is 1. The Hall–Kier alpha value is -4.00. The van der Waals surface area contributed by atoms with E-state index >= 15 is 0 Å². The van der Waals surface area contributed by atoms with E-state index in [1.165, 1.54) is 5.56 Å². The summed E-state index contributed by atoms with van der Waals surface area (Å²) in [6.45, 7) is 4.44. The van der Waals surface area contributed by atoms with Crippen molar-refractivity contribution in [1.82, 2.24) is 25.3 Å². The molecule has 0 unspecified atom stereocenters. The van der Waals surface area contributed by atoms with Crippen molar-refractivity contribution in [3.05, 3.63) is 89.4 Å². The van der Waals surface area contributed by atoms with Crippen LogP contribution in [0.4, 0.5) is 0 Å². The minimum atomic E-state index is -0.309. The minimum Gasteiger partial charge on any atom is -0.497 e. The Kier molecular flexibility index (Phi) is 5.75. The Labute approximate surface area is 180 Å². The van der Waals surface area contributed by atoms with Crippen molar-refractivity contribution in [3.63, 3.8) is 0 Å². The average Bonchev–Trinajstić information content (AvgIpc) is 3.25. The zero-order chi connectivity index (χ0) is 21.8. The van der Waals surface area contributed by atoms with Crippen molar-refractivity contribution in [1.29, 1.82) is 0 Å². The maximum atomic E-state index is 13.1. The molecular weight excluding hydrogens is 390 g/mol. The number of nitrogens with zero attached hydrogens (tertiary/aromatic N) is 4. The second-order valence-corrected chi connectivity index (χ2v) is 7.24. The Morgan fingerprint density at radius 1 is 1.06 bits per heavy atom. The van der Waals surface area contributed by atoms with Crippen molar-refractivity contribution in [2.45, 2.75) is 20.4 Å². The molecule has 0 bridgehead atoms. The predicted octanol–water partition coefficient (Wildman–Crippen LogP) is 3.88. The average molecular weight is 413 g/mol. The van der Waals surface area contributed by atoms with Gasteiger partial charge in [0.2, 0.25) is 0 Å². The summed E-state index contributed by atoms with van der Waals surface area (Å²) in [7, 11) is 1.61. The lowest BCUT2D eigenvalue weighted by molar-refractivity contribution is 0.0946. The van der Waals surface area contributed by atoms with Crippen LogP contribution in [0.1, 0.15) is 27.2 Å². The lowest BCUT2D eigenvalue weighted by atomic mass is 10.1. The molecule has 2 aromatic heterocycles. The molecule has 0 aliphatic rings. The highest BCUT2D eigenvalue weighted by Gasteiger charge is 2.22. The molecule has 0 saturated carbocycles. The number of benzene rings is 2. The highest BCUT2D eigenvalue weighted by molar-refractivity contribution is 5.98. The fraction of sp³-hybridized carbons (Fsp3) is 0.167. The molecule has 0 fully saturated rings. The van der Waals surface area contributed by atoms with E-state index in [0.717, 1.165) is 28.1 Å². The van der Waals surface area contributed by atoms with Gasteiger partial charge in [-0.15, -0.1) is 5.10 Å². The van der Waals surface area contributed by atoms with Gasteiger partial charge in [0.1, 0.15) is 11.4 Å². The van der Waals surface area contributed by atoms with E-state index in [1.54, 1.807) is 24.2 Å². The predicted molar refractivity (Wildman–Crippen MR) is 118 cm³/mol. The Morgan fingerprint density at radius 2 is 1.94 bits per heavy atom. The fourth-order valence-corrected chi connectivity index (χ4v) is 3.28. The number of hydrogen-bond acceptors (Lipinski definition) is 5. The molecule has 7 nitrogen and oxygen atoms in total. The highest BCUT2D eigenvalue weighted by atomic mass is 16.5. The number of aromatic nitrogens is 4. The first-order valence-corrected chi connectivity index (χ1v) is 9.91. The van der Waals surface area contributed by atoms with Gasteiger partial charge >= 0.3 is 0 Å². The van der Waals surface area contributed by atoms with E-state index in [4.69, 9.17) is 4.74 Å². The maximum absolute atomic E-state index is 13.1. The van der Waals surface area contributed by atoms with Crippen molar-refractivity contribution in [2.24, 2.45) is 0 Å². The van der Waals surface area contributed by atoms with Crippen molar-refractivity contribution >= 4 is 5.91 Å². The van der Waals surface area contributed by atoms with Gasteiger partial charge in [0, 0.05) is 24.5 Å². The monoisotopic (exact) mass is 413 g/mol. The zero-order valence-electron chi connectivity index (χ0n) is 17.7. The van der Waals surface area contributed by atoms with Crippen molar-refractivity contribution < 1.29 is 9.53 Å². The van der Waals surface area contributed by atoms with Gasteiger partial charge in [0.05, 0.1) is 12.8 Å². The number of hydrogen-bond donors (Lipinski definition) is 1. The Bertz CT molecular complexity index is 1220. The largest absolute Gasteiger partial charge is 0.497 e. The van der Waals surface area contributed by atoms with Crippen LogP contribution >= 0.6 is 0 Å². The smallest absolute Gasteiger partial charge is 0.274 e. The number of aryl methyl sites for hydroxylation is 2. The standard InChI is InChI=1S/C24H23N5O2/c1-16-9-10-20(12-17(16)2)29-23(19-7-5-11-25-15-19)22(27-28-29)24(30)26-14-18-6-4-8-21(13-18)31-3/h4-13,15H,14H2,1-3H3,(H,26,30). The highest BCUT2D eigenvalue weighted by Crippen LogP contribution is 2.26. The molecule has 2 heterocycles. The number of carbonyl (C=O) groups excluding carboxylic acids is 1. The molecule has 0 radical (unpaired) electrons. The van der Waals surface area contributed by atoms with Crippen molar-refractivity contribution in [2.75, 3.05) is 7.11 Å². The first-order valence-electron chi connectivity index (χ1n) is 9.91. The molecule has 4 rings (SSSR count). The minimum absolute atomic E-state index is 0.245. The van der Waals surface area contributed by atoms with Crippen LogP contribution in [0.15, 0.2) is 67.0 Å². The van der Waals surface area contributed by atoms with Crippen LogP contribution in [0, 0.1) is 13.8 Å². The molecule has 31 heavy (non-hydrogen) atoms. The molecule has 0 aliphatic carbocycles. The molecule has 0 atom stereocenters. The number of rotatable bonds is 6. The summed E-state index contributed by atoms with van der Waals surface area (Å²) >= 11 is 0. The van der Waals surface area contributed by atoms with Crippen LogP contribution in [-0.4, -0.2) is 33.0 Å². The van der Waals surface area contributed by atoms with Gasteiger partial charge in [0.15, 0.2) is 5.69 Å². The topological polar surface area (TPSA) is 81.9 Å². The van der Waals surface area contributed by atoms with E-state index in [9.17, 15) is 4.79 Å². The van der Waals surface area contributed by atoms with E-state index in [-0.39, 0.29) is 11.6 Å². The van der Waals surface area contributed by atoms with E-state index in [1.807, 2.05) is 61.5 Å². The van der Waals surface area contributed by atoms with Crippen LogP contribution in [0.5, 0.6) is 5.75 Å². The Morgan fingerprint density at radius 3 is 2.68 bits per heavy atom. The van der Waals surface area contributed by atoms with Gasteiger partial charge in [-0.25, -0.2) is 4.68 Å². The summed E-state index contributed by atoms with van der Waals surface area (Å²) in [5, 5.41) is 11.4. The lowest BCUT2D eigenvalue weighted by Gasteiger charge is -2.10. The van der Waals surface area contributed by atoms with E-state index < -0.39 is 0 Å². The third-order valence-electron chi connectivity index (χ3n) is 5.14. The summed E-state index contributed by atoms with van der Waals surface area (Å²) in [4.78, 5) is 17.3. The molecule has 4 aromatic rings. The molecule has 156 valence electrons. The summed E-state index contributed by atoms with van der Waals surface area (Å²) in [6.07, 6.45) is 3.39. The van der Waals surface area contributed by atoms with Gasteiger partial charge in [-0.3, -0.25) is 9.78 Å². The van der Waals surface area contributed by atoms with Crippen LogP contribution in [0.25, 0.3) is 16.9 Å². The molecule has 0 aliphatic heterocycles. The quantitative estimate of drug-likeness (QED) is 0.519. The number of carbonyl (C=O) groups is 1. The molecule has 7 heteroatoms. The van der Waals surface area contributed by atoms with Gasteiger partial charge in [-0.2, -0.15) is 0 Å². The Balaban J connectivity index is 1.69. The molecule has 0 spiro atoms. The first-order chi connectivity index (χ1) is 15.1. The number of pyridine rings is 1. The van der Waals surface area contributed by atoms with Gasteiger partial charge < -0.3 is 10.1 Å². The van der Waals surface area contributed by atoms with Crippen LogP contribution in [0.3, 0.4) is 0 Å². The fourth-order valence-electron chi connectivity index (χ4n) is 3.28. The molecular formula is C24H23N5O2. The van der Waals surface area contributed by atoms with Crippen LogP contribution in [-0.2, 0) is 6.54 Å². The van der Waals surface area contributed by atoms with Gasteiger partial charge in [0.25, 0.3) is 5.91 Å². The summed E-state index contributed by atoms with van der Waals surface area (Å²) in [5.41, 5.74) is 5.68. The first kappa shape index (κ1) is 20.3. The molecule has 1 amide bonds. The second kappa shape index (κ2) is 8.79. The molecule has 0 saturated heterocycles. The summed E-state index contributed by atoms with van der Waals surface area (Å²) in [5.74, 6) is 0.431. The summed E-state index contributed by atoms with van der Waals surface area (Å²) < 4.78 is 6.93. The van der Waals surface area contributed by atoms with Gasteiger partial charge in [-0.1, -0.05) is 23.4 Å². The van der Waals surface area contributed by atoms with E-state index in [0.29, 0.717) is 12.2 Å². The van der Waals surface area contributed by atoms with Crippen molar-refractivity contribution in [3.8, 4) is 22.7 Å². The maximum Gasteiger partial charge on any atom is 0.274 e. The number of amides is 1. The van der Waals surface area contributed by atoms with Gasteiger partial charge in [-0.05, 0) is 66.9 Å². The third kappa shape index (κ3) is 4.30. The number of ether oxygens (including phenoxy) is 1. The lowest BCUT2D eigenvalue weighted by Crippen LogP contribution is -2.24. The summed E-state index contributed by atoms with van der Waals surface area (Å²) in [6, 6.07) is 17.3. The number of methoxy groups -OCH3 is 1. The molecule has 2 aromatic carbocycles. The van der Waals surface area contributed by atoms with Crippen LogP contribution < -0.4 is 10.1 Å². The van der Waals surface area contributed by atoms with Crippen LogP contribution in [0.2, 0.25) is 0 Å². The molecule has 1 N–H and O–H groups in total. The third-order valence-corrected chi connectivity index (χ3v) is 5.14. The zero-order valence-corrected chi connectivity index (χ0v) is 17.7. The normalized spacial score (nSPS) is 10.7. The SMILES string of the molecule is COc1cccc(CNC(=O)c2nnn(-c3ccc(C)c(C)c3)c2-c2cccnc2)c1. The second-order valence-electron chi connectivity index (χ2n) is 7.24.